The number of esters is 2. The van der Waals surface area contributed by atoms with Crippen molar-refractivity contribution < 1.29 is 23.9 Å². The molecule has 1 amide bonds. The Morgan fingerprint density at radius 3 is 2.63 bits per heavy atom. The Labute approximate surface area is 160 Å². The molecule has 1 aliphatic heterocycles. The number of amides is 1. The molecule has 0 saturated heterocycles. The first-order chi connectivity index (χ1) is 13.0. The third-order valence-electron chi connectivity index (χ3n) is 4.35. The Hall–Kier alpha value is -2.93. The number of fused-ring (bicyclic) bond motifs is 1. The van der Waals surface area contributed by atoms with E-state index in [1.54, 1.807) is 6.07 Å². The molecule has 1 aromatic heterocycles. The van der Waals surface area contributed by atoms with Gasteiger partial charge in [0.25, 0.3) is 5.91 Å². The van der Waals surface area contributed by atoms with Crippen molar-refractivity contribution in [2.45, 2.75) is 19.0 Å². The zero-order valence-electron chi connectivity index (χ0n) is 14.6. The second-order valence-electron chi connectivity index (χ2n) is 5.95. The molecule has 1 aliphatic rings. The zero-order chi connectivity index (χ0) is 19.4. The van der Waals surface area contributed by atoms with Crippen LogP contribution in [-0.4, -0.2) is 47.5 Å². The third-order valence-corrected chi connectivity index (χ3v) is 4.65. The molecule has 1 atom stereocenters. The molecule has 7 nitrogen and oxygen atoms in total. The van der Waals surface area contributed by atoms with Crippen molar-refractivity contribution in [1.29, 1.82) is 0 Å². The summed E-state index contributed by atoms with van der Waals surface area (Å²) in [7, 11) is 1.27. The number of hydrogen-bond donors (Lipinski definition) is 0. The van der Waals surface area contributed by atoms with E-state index in [4.69, 9.17) is 21.1 Å². The van der Waals surface area contributed by atoms with Crippen LogP contribution in [0.25, 0.3) is 0 Å². The highest BCUT2D eigenvalue weighted by atomic mass is 35.5. The van der Waals surface area contributed by atoms with Crippen molar-refractivity contribution in [2.75, 3.05) is 13.7 Å². The smallest absolute Gasteiger partial charge is 0.341 e. The standard InChI is InChI=1S/C19H17ClN2O5/c1-26-19(25)15-9-12-5-2-3-6-13(12)10-22(15)16(23)11-27-18(24)14-7-4-8-21-17(14)20/h2-8,15H,9-11H2,1H3/t15-/m1/s1. The van der Waals surface area contributed by atoms with Gasteiger partial charge in [-0.3, -0.25) is 4.79 Å². The van der Waals surface area contributed by atoms with Crippen LogP contribution in [0.2, 0.25) is 5.15 Å². The first-order valence-electron chi connectivity index (χ1n) is 8.23. The zero-order valence-corrected chi connectivity index (χ0v) is 15.3. The van der Waals surface area contributed by atoms with E-state index in [9.17, 15) is 14.4 Å². The van der Waals surface area contributed by atoms with Crippen LogP contribution in [0, 0.1) is 0 Å². The topological polar surface area (TPSA) is 85.8 Å². The van der Waals surface area contributed by atoms with E-state index in [0.29, 0.717) is 6.42 Å². The maximum absolute atomic E-state index is 12.7. The summed E-state index contributed by atoms with van der Waals surface area (Å²) in [5.74, 6) is -1.76. The maximum atomic E-state index is 12.7. The third kappa shape index (κ3) is 4.09. The molecule has 2 aromatic rings. The predicted octanol–water partition coefficient (Wildman–Crippen LogP) is 2.02. The van der Waals surface area contributed by atoms with Gasteiger partial charge in [-0.25, -0.2) is 14.6 Å². The molecule has 0 saturated carbocycles. The van der Waals surface area contributed by atoms with Gasteiger partial charge in [0, 0.05) is 19.2 Å². The van der Waals surface area contributed by atoms with Gasteiger partial charge in [0.15, 0.2) is 6.61 Å². The lowest BCUT2D eigenvalue weighted by Gasteiger charge is -2.35. The number of benzene rings is 1. The van der Waals surface area contributed by atoms with Gasteiger partial charge in [0.05, 0.1) is 12.7 Å². The monoisotopic (exact) mass is 388 g/mol. The summed E-state index contributed by atoms with van der Waals surface area (Å²) >= 11 is 5.85. The molecule has 8 heteroatoms. The van der Waals surface area contributed by atoms with E-state index in [2.05, 4.69) is 4.98 Å². The van der Waals surface area contributed by atoms with Crippen LogP contribution in [0.1, 0.15) is 21.5 Å². The lowest BCUT2D eigenvalue weighted by molar-refractivity contribution is -0.155. The van der Waals surface area contributed by atoms with E-state index in [1.807, 2.05) is 24.3 Å². The van der Waals surface area contributed by atoms with Crippen LogP contribution in [0.5, 0.6) is 0 Å². The van der Waals surface area contributed by atoms with Crippen LogP contribution in [0.3, 0.4) is 0 Å². The number of pyridine rings is 1. The molecule has 27 heavy (non-hydrogen) atoms. The Morgan fingerprint density at radius 2 is 1.93 bits per heavy atom. The first kappa shape index (κ1) is 18.8. The normalized spacial score (nSPS) is 15.6. The largest absolute Gasteiger partial charge is 0.467 e. The minimum absolute atomic E-state index is 0.00529. The van der Waals surface area contributed by atoms with Gasteiger partial charge >= 0.3 is 11.9 Å². The van der Waals surface area contributed by atoms with E-state index in [-0.39, 0.29) is 17.3 Å². The Bertz CT molecular complexity index is 886. The Morgan fingerprint density at radius 1 is 1.19 bits per heavy atom. The van der Waals surface area contributed by atoms with Gasteiger partial charge in [0.1, 0.15) is 11.2 Å². The average molecular weight is 389 g/mol. The molecule has 2 heterocycles. The molecule has 140 valence electrons. The Balaban J connectivity index is 1.73. The summed E-state index contributed by atoms with van der Waals surface area (Å²) in [6.07, 6.45) is 1.79. The van der Waals surface area contributed by atoms with Crippen LogP contribution >= 0.6 is 11.6 Å². The molecule has 0 unspecified atom stereocenters. The molecule has 3 rings (SSSR count). The summed E-state index contributed by atoms with van der Waals surface area (Å²) in [5.41, 5.74) is 1.99. The molecular formula is C19H17ClN2O5. The minimum atomic E-state index is -0.766. The number of nitrogens with zero attached hydrogens (tertiary/aromatic N) is 2. The van der Waals surface area contributed by atoms with Crippen molar-refractivity contribution >= 4 is 29.4 Å². The number of halogens is 1. The molecular weight excluding hydrogens is 372 g/mol. The second kappa shape index (κ2) is 8.18. The number of carbonyl (C=O) groups excluding carboxylic acids is 3. The molecule has 0 N–H and O–H groups in total. The lowest BCUT2D eigenvalue weighted by Crippen LogP contribution is -2.50. The number of ether oxygens (including phenoxy) is 2. The first-order valence-corrected chi connectivity index (χ1v) is 8.60. The molecule has 0 spiro atoms. The van der Waals surface area contributed by atoms with E-state index in [1.165, 1.54) is 24.3 Å². The van der Waals surface area contributed by atoms with Crippen molar-refractivity contribution in [3.8, 4) is 0 Å². The minimum Gasteiger partial charge on any atom is -0.467 e. The van der Waals surface area contributed by atoms with Gasteiger partial charge in [-0.15, -0.1) is 0 Å². The number of carbonyl (C=O) groups is 3. The number of aromatic nitrogens is 1. The summed E-state index contributed by atoms with van der Waals surface area (Å²) in [6, 6.07) is 9.78. The van der Waals surface area contributed by atoms with Crippen LogP contribution in [-0.2, 0) is 32.0 Å². The fourth-order valence-corrected chi connectivity index (χ4v) is 3.15. The fraction of sp³-hybridized carbons (Fsp3) is 0.263. The summed E-state index contributed by atoms with van der Waals surface area (Å²) < 4.78 is 9.90. The van der Waals surface area contributed by atoms with Crippen molar-refractivity contribution in [1.82, 2.24) is 9.88 Å². The van der Waals surface area contributed by atoms with Crippen molar-refractivity contribution in [2.24, 2.45) is 0 Å². The molecule has 0 aliphatic carbocycles. The molecule has 1 aromatic carbocycles. The van der Waals surface area contributed by atoms with Crippen molar-refractivity contribution in [3.05, 3.63) is 64.4 Å². The van der Waals surface area contributed by atoms with Gasteiger partial charge in [-0.2, -0.15) is 0 Å². The lowest BCUT2D eigenvalue weighted by atomic mass is 9.94. The summed E-state index contributed by atoms with van der Waals surface area (Å²) in [4.78, 5) is 42.1. The van der Waals surface area contributed by atoms with Crippen LogP contribution in [0.15, 0.2) is 42.6 Å². The van der Waals surface area contributed by atoms with Crippen LogP contribution in [0.4, 0.5) is 0 Å². The number of methoxy groups -OCH3 is 1. The van der Waals surface area contributed by atoms with Gasteiger partial charge in [-0.05, 0) is 23.3 Å². The predicted molar refractivity (Wildman–Crippen MR) is 96.0 cm³/mol. The van der Waals surface area contributed by atoms with E-state index >= 15 is 0 Å². The fourth-order valence-electron chi connectivity index (χ4n) is 2.96. The highest BCUT2D eigenvalue weighted by Gasteiger charge is 2.35. The summed E-state index contributed by atoms with van der Waals surface area (Å²) in [5, 5.41) is -0.00529. The Kier molecular flexibility index (Phi) is 5.71. The van der Waals surface area contributed by atoms with Gasteiger partial charge < -0.3 is 14.4 Å². The van der Waals surface area contributed by atoms with Gasteiger partial charge in [-0.1, -0.05) is 35.9 Å². The number of rotatable bonds is 4. The molecule has 0 radical (unpaired) electrons. The molecule has 0 fully saturated rings. The highest BCUT2D eigenvalue weighted by molar-refractivity contribution is 6.32. The van der Waals surface area contributed by atoms with Crippen molar-refractivity contribution in [3.63, 3.8) is 0 Å². The average Bonchev–Trinajstić information content (AvgIpc) is 2.70. The van der Waals surface area contributed by atoms with Gasteiger partial charge in [0.2, 0.25) is 0 Å². The van der Waals surface area contributed by atoms with E-state index in [0.717, 1.165) is 11.1 Å². The quantitative estimate of drug-likeness (QED) is 0.588. The van der Waals surface area contributed by atoms with E-state index < -0.39 is 30.5 Å². The number of hydrogen-bond acceptors (Lipinski definition) is 6. The second-order valence-corrected chi connectivity index (χ2v) is 6.31. The SMILES string of the molecule is COC(=O)[C@H]1Cc2ccccc2CN1C(=O)COC(=O)c1cccnc1Cl. The maximum Gasteiger partial charge on any atom is 0.341 e. The summed E-state index contributed by atoms with van der Waals surface area (Å²) in [6.45, 7) is -0.278. The molecule has 0 bridgehead atoms. The highest BCUT2D eigenvalue weighted by Crippen LogP contribution is 2.24. The van der Waals surface area contributed by atoms with Crippen LogP contribution < -0.4 is 0 Å².